The Morgan fingerprint density at radius 2 is 1.38 bits per heavy atom. The third kappa shape index (κ3) is 8.61. The summed E-state index contributed by atoms with van der Waals surface area (Å²) in [6, 6.07) is 11.8. The first kappa shape index (κ1) is 25.8. The van der Waals surface area contributed by atoms with Gasteiger partial charge >= 0.3 is 11.9 Å². The highest BCUT2D eigenvalue weighted by Crippen LogP contribution is 2.28. The molecule has 0 aliphatic carbocycles. The van der Waals surface area contributed by atoms with Crippen molar-refractivity contribution in [2.24, 2.45) is 0 Å². The smallest absolute Gasteiger partial charge is 0.310 e. The molecule has 0 saturated heterocycles. The normalized spacial score (nSPS) is 9.91. The van der Waals surface area contributed by atoms with Gasteiger partial charge in [-0.1, -0.05) is 54.5 Å². The number of nitrogens with two attached hydrogens (primary N) is 1. The summed E-state index contributed by atoms with van der Waals surface area (Å²) >= 11 is 9.73. The molecule has 8 nitrogen and oxygen atoms in total. The lowest BCUT2D eigenvalue weighted by atomic mass is 10.3. The molecule has 0 spiro atoms. The Morgan fingerprint density at radius 1 is 0.875 bits per heavy atom. The zero-order chi connectivity index (χ0) is 23.8. The molecule has 0 aliphatic heterocycles. The maximum absolute atomic E-state index is 10.8. The van der Waals surface area contributed by atoms with Crippen molar-refractivity contribution in [3.05, 3.63) is 45.3 Å². The Labute approximate surface area is 208 Å². The quantitative estimate of drug-likeness (QED) is 0.210. The third-order valence-electron chi connectivity index (χ3n) is 3.29. The van der Waals surface area contributed by atoms with Crippen molar-refractivity contribution in [2.75, 3.05) is 11.1 Å². The lowest BCUT2D eigenvalue weighted by molar-refractivity contribution is -0.156. The number of anilines is 2. The molecule has 0 fully saturated rings. The number of carbonyl (C=O) groups is 3. The first-order valence-electron chi connectivity index (χ1n) is 8.87. The van der Waals surface area contributed by atoms with Crippen LogP contribution in [-0.2, 0) is 19.1 Å². The van der Waals surface area contributed by atoms with Crippen LogP contribution in [0.25, 0.3) is 20.4 Å². The molecule has 0 aliphatic rings. The van der Waals surface area contributed by atoms with Gasteiger partial charge in [0.2, 0.25) is 5.91 Å². The Balaban J connectivity index is 0.000000181. The van der Waals surface area contributed by atoms with Crippen molar-refractivity contribution in [3.8, 4) is 0 Å². The van der Waals surface area contributed by atoms with E-state index in [9.17, 15) is 14.4 Å². The van der Waals surface area contributed by atoms with Crippen molar-refractivity contribution in [2.45, 2.75) is 20.8 Å². The lowest BCUT2D eigenvalue weighted by Crippen LogP contribution is -2.04. The summed E-state index contributed by atoms with van der Waals surface area (Å²) in [5.41, 5.74) is 7.41. The predicted octanol–water partition coefficient (Wildman–Crippen LogP) is 5.75. The molecule has 4 rings (SSSR count). The fourth-order valence-corrected chi connectivity index (χ4v) is 4.97. The number of aromatic nitrogens is 2. The minimum absolute atomic E-state index is 0.0943. The van der Waals surface area contributed by atoms with E-state index in [1.54, 1.807) is 0 Å². The van der Waals surface area contributed by atoms with Crippen LogP contribution in [0.15, 0.2) is 45.3 Å². The van der Waals surface area contributed by atoms with Gasteiger partial charge in [-0.15, -0.1) is 0 Å². The second-order valence-corrected chi connectivity index (χ2v) is 9.99. The average molecular weight is 602 g/mol. The zero-order valence-corrected chi connectivity index (χ0v) is 21.9. The van der Waals surface area contributed by atoms with Gasteiger partial charge in [0.1, 0.15) is 0 Å². The number of ether oxygens (including phenoxy) is 1. The molecule has 0 saturated carbocycles. The Hall–Kier alpha value is -2.41. The second kappa shape index (κ2) is 12.0. The molecular formula is C20H18Br2N4O4S2. The largest absolute Gasteiger partial charge is 0.394 e. The molecule has 168 valence electrons. The third-order valence-corrected chi connectivity index (χ3v) is 6.06. The van der Waals surface area contributed by atoms with Crippen molar-refractivity contribution in [3.63, 3.8) is 0 Å². The molecule has 12 heteroatoms. The van der Waals surface area contributed by atoms with Crippen LogP contribution in [0.4, 0.5) is 10.3 Å². The van der Waals surface area contributed by atoms with Crippen LogP contribution in [0.2, 0.25) is 0 Å². The Kier molecular flexibility index (Phi) is 9.69. The highest BCUT2D eigenvalue weighted by atomic mass is 79.9. The summed E-state index contributed by atoms with van der Waals surface area (Å²) in [5.74, 6) is -1.22. The van der Waals surface area contributed by atoms with Crippen molar-refractivity contribution in [1.82, 2.24) is 9.97 Å². The molecule has 0 bridgehead atoms. The van der Waals surface area contributed by atoms with Gasteiger partial charge < -0.3 is 15.8 Å². The lowest BCUT2D eigenvalue weighted by Gasteiger charge is -1.91. The van der Waals surface area contributed by atoms with E-state index >= 15 is 0 Å². The molecule has 0 unspecified atom stereocenters. The summed E-state index contributed by atoms with van der Waals surface area (Å²) in [7, 11) is 0. The summed E-state index contributed by atoms with van der Waals surface area (Å²) in [6.07, 6.45) is 0. The average Bonchev–Trinajstić information content (AvgIpc) is 3.21. The molecule has 2 aromatic carbocycles. The van der Waals surface area contributed by atoms with Crippen LogP contribution in [-0.4, -0.2) is 27.8 Å². The molecule has 0 radical (unpaired) electrons. The highest BCUT2D eigenvalue weighted by molar-refractivity contribution is 9.10. The van der Waals surface area contributed by atoms with Crippen molar-refractivity contribution < 1.29 is 19.1 Å². The van der Waals surface area contributed by atoms with Crippen LogP contribution in [0.1, 0.15) is 20.8 Å². The van der Waals surface area contributed by atoms with Crippen LogP contribution in [0.3, 0.4) is 0 Å². The fraction of sp³-hybridized carbons (Fsp3) is 0.150. The van der Waals surface area contributed by atoms with E-state index < -0.39 is 11.9 Å². The maximum atomic E-state index is 10.8. The molecule has 3 N–H and O–H groups in total. The number of thiazole rings is 2. The zero-order valence-electron chi connectivity index (χ0n) is 17.1. The van der Waals surface area contributed by atoms with Gasteiger partial charge in [-0.05, 0) is 36.4 Å². The number of esters is 2. The molecule has 2 aromatic heterocycles. The van der Waals surface area contributed by atoms with Crippen molar-refractivity contribution >= 4 is 103 Å². The number of amides is 1. The van der Waals surface area contributed by atoms with Gasteiger partial charge in [0.25, 0.3) is 0 Å². The van der Waals surface area contributed by atoms with E-state index in [4.69, 9.17) is 5.73 Å². The highest BCUT2D eigenvalue weighted by Gasteiger charge is 2.04. The number of fused-ring (bicyclic) bond motifs is 2. The number of hydrogen-bond acceptors (Lipinski definition) is 9. The second-order valence-electron chi connectivity index (χ2n) is 6.06. The molecule has 0 atom stereocenters. The summed E-state index contributed by atoms with van der Waals surface area (Å²) in [5, 5.41) is 3.93. The molecule has 1 amide bonds. The number of hydrogen-bond donors (Lipinski definition) is 2. The number of halogens is 2. The number of rotatable bonds is 1. The number of nitrogens with zero attached hydrogens (tertiary/aromatic N) is 2. The van der Waals surface area contributed by atoms with Gasteiger partial charge in [0, 0.05) is 29.7 Å². The standard InChI is InChI=1S/C9H7BrN2OS.C7H5BrN2S.C4H6O3/c1-5(13)11-9-12-7-3-2-6(10)4-8(7)14-9;8-4-1-2-5-6(3-4)11-7(9)10-5;1-3(5)7-4(2)6/h2-4H,1H3,(H,11,12,13);1-3H,(H2,9,10);1-2H3. The SMILES string of the molecule is CC(=O)Nc1nc2ccc(Br)cc2s1.CC(=O)OC(C)=O.Nc1nc2ccc(Br)cc2s1. The minimum atomic E-state index is -0.562. The van der Waals surface area contributed by atoms with Gasteiger partial charge in [0.15, 0.2) is 10.3 Å². The van der Waals surface area contributed by atoms with E-state index in [0.29, 0.717) is 10.3 Å². The van der Waals surface area contributed by atoms with Gasteiger partial charge in [0.05, 0.1) is 20.4 Å². The van der Waals surface area contributed by atoms with Gasteiger partial charge in [-0.3, -0.25) is 14.4 Å². The van der Waals surface area contributed by atoms with E-state index in [-0.39, 0.29) is 5.91 Å². The summed E-state index contributed by atoms with van der Waals surface area (Å²) < 4.78 is 8.23. The van der Waals surface area contributed by atoms with Gasteiger partial charge in [-0.25, -0.2) is 9.97 Å². The summed E-state index contributed by atoms with van der Waals surface area (Å²) in [6.45, 7) is 3.84. The van der Waals surface area contributed by atoms with Crippen LogP contribution in [0, 0.1) is 0 Å². The predicted molar refractivity (Wildman–Crippen MR) is 136 cm³/mol. The number of carbonyl (C=O) groups excluding carboxylic acids is 3. The Morgan fingerprint density at radius 3 is 1.84 bits per heavy atom. The van der Waals surface area contributed by atoms with E-state index in [0.717, 1.165) is 29.4 Å². The van der Waals surface area contributed by atoms with Crippen molar-refractivity contribution in [1.29, 1.82) is 0 Å². The first-order valence-corrected chi connectivity index (χ1v) is 12.1. The fourth-order valence-electron chi connectivity index (χ4n) is 2.22. The number of nitrogens with one attached hydrogen (secondary N) is 1. The Bertz CT molecular complexity index is 1260. The van der Waals surface area contributed by atoms with E-state index in [2.05, 4.69) is 51.9 Å². The van der Waals surface area contributed by atoms with E-state index in [1.165, 1.54) is 43.4 Å². The number of benzene rings is 2. The molecule has 2 heterocycles. The van der Waals surface area contributed by atoms with Crippen LogP contribution in [0.5, 0.6) is 0 Å². The topological polar surface area (TPSA) is 124 Å². The monoisotopic (exact) mass is 600 g/mol. The van der Waals surface area contributed by atoms with Gasteiger partial charge in [-0.2, -0.15) is 0 Å². The molecular weight excluding hydrogens is 584 g/mol. The minimum Gasteiger partial charge on any atom is -0.394 e. The summed E-state index contributed by atoms with van der Waals surface area (Å²) in [4.78, 5) is 38.8. The van der Waals surface area contributed by atoms with Crippen LogP contribution >= 0.6 is 54.5 Å². The molecule has 4 aromatic rings. The first-order chi connectivity index (χ1) is 15.0. The maximum Gasteiger partial charge on any atom is 0.310 e. The molecule has 32 heavy (non-hydrogen) atoms. The van der Waals surface area contributed by atoms with Crippen LogP contribution < -0.4 is 11.1 Å². The van der Waals surface area contributed by atoms with E-state index in [1.807, 2.05) is 36.4 Å². The number of nitrogen functional groups attached to an aromatic ring is 1.